The molecule has 2 aromatic rings. The second-order valence-electron chi connectivity index (χ2n) is 4.43. The number of imidazole rings is 1. The number of fused-ring (bicyclic) bond motifs is 1. The van der Waals surface area contributed by atoms with Gasteiger partial charge in [-0.15, -0.1) is 0 Å². The van der Waals surface area contributed by atoms with Gasteiger partial charge in [-0.05, 0) is 32.4 Å². The summed E-state index contributed by atoms with van der Waals surface area (Å²) in [5, 5.41) is 9.66. The summed E-state index contributed by atoms with van der Waals surface area (Å²) in [4.78, 5) is 4.60. The minimum absolute atomic E-state index is 0.190. The minimum atomic E-state index is 0.190. The highest BCUT2D eigenvalue weighted by atomic mass is 35.5. The lowest BCUT2D eigenvalue weighted by molar-refractivity contribution is 0.286. The van der Waals surface area contributed by atoms with Crippen LogP contribution in [0.2, 0.25) is 5.02 Å². The number of para-hydroxylation sites is 1. The maximum absolute atomic E-state index is 8.92. The summed E-state index contributed by atoms with van der Waals surface area (Å²) in [6, 6.07) is 6.09. The van der Waals surface area contributed by atoms with Crippen molar-refractivity contribution in [2.24, 2.45) is 0 Å². The molecule has 0 atom stereocenters. The average molecular weight is 253 g/mol. The molecule has 1 N–H and O–H groups in total. The number of rotatable bonds is 4. The number of aromatic nitrogens is 2. The van der Waals surface area contributed by atoms with Gasteiger partial charge in [0.15, 0.2) is 0 Å². The molecule has 17 heavy (non-hydrogen) atoms. The van der Waals surface area contributed by atoms with Crippen LogP contribution in [-0.2, 0) is 6.42 Å². The van der Waals surface area contributed by atoms with Crippen LogP contribution < -0.4 is 0 Å². The van der Waals surface area contributed by atoms with Crippen molar-refractivity contribution < 1.29 is 5.11 Å². The zero-order chi connectivity index (χ0) is 12.4. The maximum atomic E-state index is 8.92. The van der Waals surface area contributed by atoms with Crippen molar-refractivity contribution in [3.63, 3.8) is 0 Å². The molecule has 0 amide bonds. The summed E-state index contributed by atoms with van der Waals surface area (Å²) in [5.74, 6) is 0.997. The van der Waals surface area contributed by atoms with Crippen molar-refractivity contribution in [2.45, 2.75) is 32.7 Å². The lowest BCUT2D eigenvalue weighted by Gasteiger charge is -2.13. The van der Waals surface area contributed by atoms with Crippen LogP contribution in [0.5, 0.6) is 0 Å². The lowest BCUT2D eigenvalue weighted by atomic mass is 10.2. The van der Waals surface area contributed by atoms with Gasteiger partial charge in [-0.25, -0.2) is 4.98 Å². The summed E-state index contributed by atoms with van der Waals surface area (Å²) in [7, 11) is 0. The second-order valence-corrected chi connectivity index (χ2v) is 4.83. The van der Waals surface area contributed by atoms with Gasteiger partial charge in [0.05, 0.1) is 16.1 Å². The molecule has 4 heteroatoms. The van der Waals surface area contributed by atoms with E-state index in [1.165, 1.54) is 0 Å². The van der Waals surface area contributed by atoms with Crippen LogP contribution in [0.25, 0.3) is 11.0 Å². The van der Waals surface area contributed by atoms with E-state index in [1.54, 1.807) is 0 Å². The van der Waals surface area contributed by atoms with E-state index in [-0.39, 0.29) is 6.61 Å². The van der Waals surface area contributed by atoms with Gasteiger partial charge < -0.3 is 9.67 Å². The van der Waals surface area contributed by atoms with Gasteiger partial charge in [0, 0.05) is 19.1 Å². The van der Waals surface area contributed by atoms with Crippen LogP contribution in [-0.4, -0.2) is 21.3 Å². The van der Waals surface area contributed by atoms with Crippen LogP contribution in [0.15, 0.2) is 18.2 Å². The number of benzene rings is 1. The molecular weight excluding hydrogens is 236 g/mol. The maximum Gasteiger partial charge on any atom is 0.110 e. The highest BCUT2D eigenvalue weighted by Crippen LogP contribution is 2.28. The molecule has 0 saturated carbocycles. The fourth-order valence-electron chi connectivity index (χ4n) is 2.12. The van der Waals surface area contributed by atoms with E-state index < -0.39 is 0 Å². The Morgan fingerprint density at radius 1 is 1.41 bits per heavy atom. The third kappa shape index (κ3) is 2.31. The van der Waals surface area contributed by atoms with Gasteiger partial charge in [0.25, 0.3) is 0 Å². The van der Waals surface area contributed by atoms with Gasteiger partial charge in [-0.3, -0.25) is 0 Å². The van der Waals surface area contributed by atoms with Crippen molar-refractivity contribution >= 4 is 22.6 Å². The SMILES string of the molecule is CC(C)n1c(CCCO)nc2cccc(Cl)c21. The fraction of sp³-hybridized carbons (Fsp3) is 0.462. The Balaban J connectivity index is 2.59. The molecule has 3 nitrogen and oxygen atoms in total. The molecule has 0 radical (unpaired) electrons. The molecule has 0 aliphatic heterocycles. The number of halogens is 1. The molecule has 0 spiro atoms. The molecule has 0 bridgehead atoms. The molecule has 1 aromatic carbocycles. The Hall–Kier alpha value is -1.06. The van der Waals surface area contributed by atoms with Crippen molar-refractivity contribution in [3.8, 4) is 0 Å². The highest BCUT2D eigenvalue weighted by molar-refractivity contribution is 6.35. The molecule has 92 valence electrons. The minimum Gasteiger partial charge on any atom is -0.396 e. The van der Waals surface area contributed by atoms with E-state index in [1.807, 2.05) is 18.2 Å². The molecule has 0 saturated heterocycles. The van der Waals surface area contributed by atoms with Crippen molar-refractivity contribution in [1.82, 2.24) is 9.55 Å². The standard InChI is InChI=1S/C13H17ClN2O/c1-9(2)16-12(7-4-8-17)15-11-6-3-5-10(14)13(11)16/h3,5-6,9,17H,4,7-8H2,1-2H3. The quantitative estimate of drug-likeness (QED) is 0.908. The Kier molecular flexibility index (Phi) is 3.69. The number of nitrogens with zero attached hydrogens (tertiary/aromatic N) is 2. The summed E-state index contributed by atoms with van der Waals surface area (Å²) in [6.07, 6.45) is 1.51. The first-order valence-corrected chi connectivity index (χ1v) is 6.29. The van der Waals surface area contributed by atoms with Crippen LogP contribution in [0.4, 0.5) is 0 Å². The number of hydrogen-bond donors (Lipinski definition) is 1. The molecular formula is C13H17ClN2O. The molecule has 1 heterocycles. The van der Waals surface area contributed by atoms with E-state index in [2.05, 4.69) is 23.4 Å². The van der Waals surface area contributed by atoms with Gasteiger partial charge in [0.1, 0.15) is 5.82 Å². The first kappa shape index (κ1) is 12.4. The Bertz CT molecular complexity index is 519. The van der Waals surface area contributed by atoms with Crippen LogP contribution >= 0.6 is 11.6 Å². The third-order valence-electron chi connectivity index (χ3n) is 2.81. The predicted molar refractivity (Wildman–Crippen MR) is 70.5 cm³/mol. The molecule has 0 fully saturated rings. The number of aliphatic hydroxyl groups excluding tert-OH is 1. The van der Waals surface area contributed by atoms with Gasteiger partial charge in [0.2, 0.25) is 0 Å². The molecule has 2 rings (SSSR count). The van der Waals surface area contributed by atoms with Crippen LogP contribution in [0.1, 0.15) is 32.1 Å². The van der Waals surface area contributed by atoms with Crippen molar-refractivity contribution in [1.29, 1.82) is 0 Å². The summed E-state index contributed by atoms with van der Waals surface area (Å²) in [5.41, 5.74) is 1.93. The number of aryl methyl sites for hydroxylation is 1. The van der Waals surface area contributed by atoms with Crippen molar-refractivity contribution in [2.75, 3.05) is 6.61 Å². The Morgan fingerprint density at radius 2 is 2.18 bits per heavy atom. The summed E-state index contributed by atoms with van der Waals surface area (Å²) < 4.78 is 2.16. The third-order valence-corrected chi connectivity index (χ3v) is 3.11. The Morgan fingerprint density at radius 3 is 2.82 bits per heavy atom. The van der Waals surface area contributed by atoms with Gasteiger partial charge in [-0.1, -0.05) is 17.7 Å². The smallest absolute Gasteiger partial charge is 0.110 e. The summed E-state index contributed by atoms with van der Waals surface area (Å²) in [6.45, 7) is 4.43. The van der Waals surface area contributed by atoms with Gasteiger partial charge in [-0.2, -0.15) is 0 Å². The average Bonchev–Trinajstić information content (AvgIpc) is 2.66. The van der Waals surface area contributed by atoms with Gasteiger partial charge >= 0.3 is 0 Å². The first-order chi connectivity index (χ1) is 8.15. The fourth-order valence-corrected chi connectivity index (χ4v) is 2.38. The molecule has 0 aliphatic rings. The van der Waals surface area contributed by atoms with E-state index in [0.717, 1.165) is 34.7 Å². The zero-order valence-corrected chi connectivity index (χ0v) is 10.9. The first-order valence-electron chi connectivity index (χ1n) is 5.91. The monoisotopic (exact) mass is 252 g/mol. The largest absolute Gasteiger partial charge is 0.396 e. The predicted octanol–water partition coefficient (Wildman–Crippen LogP) is 3.20. The van der Waals surface area contributed by atoms with Crippen LogP contribution in [0.3, 0.4) is 0 Å². The normalized spacial score (nSPS) is 11.6. The molecule has 0 aliphatic carbocycles. The second kappa shape index (κ2) is 5.07. The summed E-state index contributed by atoms with van der Waals surface area (Å²) >= 11 is 6.24. The van der Waals surface area contributed by atoms with Crippen molar-refractivity contribution in [3.05, 3.63) is 29.0 Å². The topological polar surface area (TPSA) is 38.0 Å². The lowest BCUT2D eigenvalue weighted by Crippen LogP contribution is -2.07. The van der Waals surface area contributed by atoms with E-state index in [0.29, 0.717) is 6.04 Å². The van der Waals surface area contributed by atoms with E-state index in [9.17, 15) is 0 Å². The molecule has 1 aromatic heterocycles. The molecule has 0 unspecified atom stereocenters. The van der Waals surface area contributed by atoms with E-state index >= 15 is 0 Å². The number of hydrogen-bond acceptors (Lipinski definition) is 2. The highest BCUT2D eigenvalue weighted by Gasteiger charge is 2.14. The van der Waals surface area contributed by atoms with Crippen LogP contribution in [0, 0.1) is 0 Å². The Labute approximate surface area is 106 Å². The zero-order valence-electron chi connectivity index (χ0n) is 10.2. The number of aliphatic hydroxyl groups is 1. The van der Waals surface area contributed by atoms with E-state index in [4.69, 9.17) is 16.7 Å².